The molecule has 0 saturated carbocycles. The van der Waals surface area contributed by atoms with Crippen LogP contribution in [-0.4, -0.2) is 37.5 Å². The second kappa shape index (κ2) is 15.0. The van der Waals surface area contributed by atoms with Crippen LogP contribution in [0.25, 0.3) is 6.08 Å². The molecule has 2 atom stereocenters. The second-order valence-corrected chi connectivity index (χ2v) is 14.8. The van der Waals surface area contributed by atoms with Gasteiger partial charge in [0.05, 0.1) is 16.8 Å². The molecule has 5 aromatic carbocycles. The molecular weight excluding hydrogens is 742 g/mol. The van der Waals surface area contributed by atoms with Gasteiger partial charge in [0.25, 0.3) is 11.8 Å². The Morgan fingerprint density at radius 3 is 2.06 bits per heavy atom. The van der Waals surface area contributed by atoms with E-state index < -0.39 is 17.8 Å². The van der Waals surface area contributed by atoms with Crippen LogP contribution < -0.4 is 24.6 Å². The first kappa shape index (κ1) is 35.4. The quantitative estimate of drug-likeness (QED) is 0.119. The molecule has 0 aliphatic carbocycles. The summed E-state index contributed by atoms with van der Waals surface area (Å²) in [4.78, 5) is 45.1. The topological polar surface area (TPSA) is 88.2 Å². The lowest BCUT2D eigenvalue weighted by Gasteiger charge is -2.44. The van der Waals surface area contributed by atoms with Gasteiger partial charge in [-0.05, 0) is 106 Å². The number of urea groups is 1. The summed E-state index contributed by atoms with van der Waals surface area (Å²) in [7, 11) is 0. The maximum atomic E-state index is 14.4. The number of benzene rings is 5. The molecule has 3 heterocycles. The van der Waals surface area contributed by atoms with Gasteiger partial charge in [-0.1, -0.05) is 90.5 Å². The number of nitrogens with one attached hydrogen (secondary N) is 1. The zero-order chi connectivity index (χ0) is 37.3. The fourth-order valence-electron chi connectivity index (χ4n) is 8.06. The molecule has 0 spiro atoms. The van der Waals surface area contributed by atoms with Crippen molar-refractivity contribution in [3.8, 4) is 11.5 Å². The molecule has 9 heteroatoms. The van der Waals surface area contributed by atoms with Gasteiger partial charge in [0.1, 0.15) is 12.2 Å². The number of rotatable bonds is 9. The number of aryl methyl sites for hydroxylation is 1. The molecule has 0 aromatic heterocycles. The number of carbonyl (C=O) groups is 3. The number of ether oxygens (including phenoxy) is 2. The Bertz CT molecular complexity index is 2220. The smallest absolute Gasteiger partial charge is 0.335 e. The van der Waals surface area contributed by atoms with Crippen molar-refractivity contribution in [2.24, 2.45) is 0 Å². The summed E-state index contributed by atoms with van der Waals surface area (Å²) in [5.74, 6) is -0.335. The third-order valence-electron chi connectivity index (χ3n) is 10.5. The molecular formula is C45H40BrN3O5. The fourth-order valence-corrected chi connectivity index (χ4v) is 8.63. The van der Waals surface area contributed by atoms with Crippen molar-refractivity contribution in [3.05, 3.63) is 158 Å². The van der Waals surface area contributed by atoms with Crippen molar-refractivity contribution in [2.75, 3.05) is 29.5 Å². The van der Waals surface area contributed by atoms with E-state index in [-0.39, 0.29) is 17.4 Å². The van der Waals surface area contributed by atoms with E-state index in [2.05, 4.69) is 56.5 Å². The van der Waals surface area contributed by atoms with Gasteiger partial charge in [0.2, 0.25) is 0 Å². The van der Waals surface area contributed by atoms with Crippen LogP contribution >= 0.6 is 15.9 Å². The van der Waals surface area contributed by atoms with Gasteiger partial charge in [-0.15, -0.1) is 0 Å². The van der Waals surface area contributed by atoms with Gasteiger partial charge in [-0.25, -0.2) is 9.69 Å². The highest BCUT2D eigenvalue weighted by molar-refractivity contribution is 9.10. The SMILES string of the molecule is CCOc1cc(/C=C2\C(=O)NC(=O)N(c3cc4c5c(c3)[C@@H](c3ccccc3)CCN5CC[C@@H]4c3ccccc3)C2=O)cc(Br)c1OCc1cccc(C)c1. The molecule has 1 saturated heterocycles. The monoisotopic (exact) mass is 781 g/mol. The molecule has 0 unspecified atom stereocenters. The summed E-state index contributed by atoms with van der Waals surface area (Å²) in [5.41, 5.74) is 8.66. The number of hydrogen-bond acceptors (Lipinski definition) is 6. The van der Waals surface area contributed by atoms with E-state index in [9.17, 15) is 14.4 Å². The van der Waals surface area contributed by atoms with Crippen molar-refractivity contribution < 1.29 is 23.9 Å². The third kappa shape index (κ3) is 6.80. The lowest BCUT2D eigenvalue weighted by molar-refractivity contribution is -0.122. The van der Waals surface area contributed by atoms with E-state index in [1.54, 1.807) is 12.1 Å². The minimum absolute atomic E-state index is 0.0752. The molecule has 54 heavy (non-hydrogen) atoms. The molecule has 0 bridgehead atoms. The Kier molecular flexibility index (Phi) is 9.82. The van der Waals surface area contributed by atoms with Gasteiger partial charge in [-0.2, -0.15) is 0 Å². The molecule has 8 nitrogen and oxygen atoms in total. The molecule has 3 aliphatic heterocycles. The Morgan fingerprint density at radius 1 is 0.796 bits per heavy atom. The molecule has 1 fully saturated rings. The first-order valence-corrected chi connectivity index (χ1v) is 19.2. The second-order valence-electron chi connectivity index (χ2n) is 14.0. The van der Waals surface area contributed by atoms with Crippen LogP contribution in [0, 0.1) is 6.92 Å². The number of halogens is 1. The number of carbonyl (C=O) groups excluding carboxylic acids is 3. The molecule has 0 radical (unpaired) electrons. The highest BCUT2D eigenvalue weighted by Crippen LogP contribution is 2.50. The average Bonchev–Trinajstić information content (AvgIpc) is 3.17. The van der Waals surface area contributed by atoms with E-state index in [1.165, 1.54) is 22.9 Å². The maximum absolute atomic E-state index is 14.4. The first-order valence-electron chi connectivity index (χ1n) is 18.4. The van der Waals surface area contributed by atoms with Crippen LogP contribution in [0.1, 0.15) is 70.5 Å². The molecule has 272 valence electrons. The third-order valence-corrected chi connectivity index (χ3v) is 11.1. The predicted molar refractivity (Wildman–Crippen MR) is 214 cm³/mol. The molecule has 4 amide bonds. The summed E-state index contributed by atoms with van der Waals surface area (Å²) in [6.07, 6.45) is 3.31. The van der Waals surface area contributed by atoms with Gasteiger partial charge >= 0.3 is 6.03 Å². The zero-order valence-corrected chi connectivity index (χ0v) is 31.8. The lowest BCUT2D eigenvalue weighted by Crippen LogP contribution is -2.54. The molecule has 8 rings (SSSR count). The predicted octanol–water partition coefficient (Wildman–Crippen LogP) is 9.28. The minimum Gasteiger partial charge on any atom is -0.490 e. The van der Waals surface area contributed by atoms with E-state index in [0.717, 1.165) is 53.1 Å². The number of amides is 4. The summed E-state index contributed by atoms with van der Waals surface area (Å²) >= 11 is 3.63. The van der Waals surface area contributed by atoms with Gasteiger partial charge < -0.3 is 14.4 Å². The minimum atomic E-state index is -0.777. The number of imide groups is 2. The molecule has 3 aliphatic rings. The van der Waals surface area contributed by atoms with Crippen molar-refractivity contribution in [2.45, 2.75) is 45.1 Å². The van der Waals surface area contributed by atoms with Crippen LogP contribution in [0.5, 0.6) is 11.5 Å². The highest BCUT2D eigenvalue weighted by Gasteiger charge is 2.40. The Labute approximate surface area is 323 Å². The lowest BCUT2D eigenvalue weighted by atomic mass is 9.76. The summed E-state index contributed by atoms with van der Waals surface area (Å²) < 4.78 is 12.8. The largest absolute Gasteiger partial charge is 0.490 e. The van der Waals surface area contributed by atoms with E-state index in [4.69, 9.17) is 9.47 Å². The Hall–Kier alpha value is -5.67. The normalized spacial score (nSPS) is 18.7. The van der Waals surface area contributed by atoms with Gasteiger partial charge in [-0.3, -0.25) is 14.9 Å². The standard InChI is InChI=1S/C45H40BrN3O5/c1-3-53-40-24-30(23-39(46)42(40)54-27-29-12-10-11-28(2)21-29)22-38-43(50)47-45(52)49(44(38)51)33-25-36-34(31-13-6-4-7-14-31)17-19-48-20-18-35(37(26-33)41(36)48)32-15-8-5-9-16-32/h4-16,21-26,34-35H,3,17-20,27H2,1-2H3,(H,47,50,52)/b38-22+/t34-,35-/m1/s1. The number of hydrogen-bond donors (Lipinski definition) is 1. The van der Waals surface area contributed by atoms with Gasteiger partial charge in [0, 0.05) is 30.6 Å². The zero-order valence-electron chi connectivity index (χ0n) is 30.2. The van der Waals surface area contributed by atoms with Crippen LogP contribution in [0.3, 0.4) is 0 Å². The Balaban J connectivity index is 1.19. The summed E-state index contributed by atoms with van der Waals surface area (Å²) in [6, 6.07) is 35.6. The fraction of sp³-hybridized carbons (Fsp3) is 0.222. The molecule has 1 N–H and O–H groups in total. The van der Waals surface area contributed by atoms with E-state index in [1.807, 2.05) is 80.6 Å². The average molecular weight is 783 g/mol. The van der Waals surface area contributed by atoms with Crippen molar-refractivity contribution in [1.82, 2.24) is 5.32 Å². The first-order chi connectivity index (χ1) is 26.3. The number of barbiturate groups is 1. The van der Waals surface area contributed by atoms with Crippen molar-refractivity contribution in [1.29, 1.82) is 0 Å². The van der Waals surface area contributed by atoms with Crippen molar-refractivity contribution in [3.63, 3.8) is 0 Å². The number of anilines is 2. The van der Waals surface area contributed by atoms with Gasteiger partial charge in [0.15, 0.2) is 11.5 Å². The summed E-state index contributed by atoms with van der Waals surface area (Å²) in [5, 5.41) is 2.44. The van der Waals surface area contributed by atoms with Crippen molar-refractivity contribution >= 4 is 51.2 Å². The Morgan fingerprint density at radius 2 is 1.44 bits per heavy atom. The van der Waals surface area contributed by atoms with E-state index in [0.29, 0.717) is 40.4 Å². The van der Waals surface area contributed by atoms with Crippen LogP contribution in [0.4, 0.5) is 16.2 Å². The van der Waals surface area contributed by atoms with Crippen LogP contribution in [-0.2, 0) is 16.2 Å². The van der Waals surface area contributed by atoms with Crippen LogP contribution in [0.15, 0.2) is 119 Å². The van der Waals surface area contributed by atoms with E-state index >= 15 is 0 Å². The van der Waals surface area contributed by atoms with Crippen LogP contribution in [0.2, 0.25) is 0 Å². The molecule has 5 aromatic rings. The highest BCUT2D eigenvalue weighted by atomic mass is 79.9. The number of nitrogens with zero attached hydrogens (tertiary/aromatic N) is 2. The maximum Gasteiger partial charge on any atom is 0.335 e. The summed E-state index contributed by atoms with van der Waals surface area (Å²) in [6.45, 7) is 6.44.